The second-order valence-electron chi connectivity index (χ2n) is 4.07. The van der Waals surface area contributed by atoms with Crippen molar-refractivity contribution in [3.05, 3.63) is 32.8 Å². The zero-order chi connectivity index (χ0) is 13.5. The van der Waals surface area contributed by atoms with Crippen molar-refractivity contribution in [1.29, 1.82) is 0 Å². The van der Waals surface area contributed by atoms with Gasteiger partial charge in [-0.25, -0.2) is 0 Å². The number of ether oxygens (including phenoxy) is 1. The molecule has 0 saturated heterocycles. The van der Waals surface area contributed by atoms with Gasteiger partial charge < -0.3 is 4.74 Å². The molecule has 6 heteroatoms. The zero-order valence-electron chi connectivity index (χ0n) is 10.1. The predicted octanol–water partition coefficient (Wildman–Crippen LogP) is 4.39. The third kappa shape index (κ3) is 4.46. The van der Waals surface area contributed by atoms with Gasteiger partial charge in [0.2, 0.25) is 5.75 Å². The standard InChI is InChI=1S/C12H15BrClNO3/c1-9(5-7-14)6-8-18-12-10(13)3-2-4-11(12)15(16)17/h2-4,9H,5-8H2,1H3. The third-order valence-corrected chi connectivity index (χ3v) is 3.44. The zero-order valence-corrected chi connectivity index (χ0v) is 12.4. The predicted molar refractivity (Wildman–Crippen MR) is 75.4 cm³/mol. The number of hydrogen-bond donors (Lipinski definition) is 0. The topological polar surface area (TPSA) is 52.4 Å². The van der Waals surface area contributed by atoms with Gasteiger partial charge in [0.15, 0.2) is 0 Å². The number of hydrogen-bond acceptors (Lipinski definition) is 3. The third-order valence-electron chi connectivity index (χ3n) is 2.60. The van der Waals surface area contributed by atoms with Crippen molar-refractivity contribution in [2.24, 2.45) is 5.92 Å². The SMILES string of the molecule is CC(CCCl)CCOc1c(Br)cccc1[N+](=O)[O-]. The number of para-hydroxylation sites is 1. The summed E-state index contributed by atoms with van der Waals surface area (Å²) in [6.07, 6.45) is 1.74. The van der Waals surface area contributed by atoms with Crippen LogP contribution in [0.4, 0.5) is 5.69 Å². The van der Waals surface area contributed by atoms with E-state index in [0.29, 0.717) is 28.6 Å². The number of benzene rings is 1. The maximum absolute atomic E-state index is 10.9. The van der Waals surface area contributed by atoms with E-state index in [4.69, 9.17) is 16.3 Å². The van der Waals surface area contributed by atoms with E-state index in [0.717, 1.165) is 12.8 Å². The molecular weight excluding hydrogens is 321 g/mol. The van der Waals surface area contributed by atoms with Crippen LogP contribution in [0.2, 0.25) is 0 Å². The van der Waals surface area contributed by atoms with Gasteiger partial charge >= 0.3 is 5.69 Å². The van der Waals surface area contributed by atoms with Crippen LogP contribution in [-0.4, -0.2) is 17.4 Å². The highest BCUT2D eigenvalue weighted by Gasteiger charge is 2.17. The first-order valence-corrected chi connectivity index (χ1v) is 7.00. The molecule has 0 spiro atoms. The monoisotopic (exact) mass is 335 g/mol. The lowest BCUT2D eigenvalue weighted by atomic mass is 10.1. The van der Waals surface area contributed by atoms with Crippen molar-refractivity contribution in [3.8, 4) is 5.75 Å². The van der Waals surface area contributed by atoms with Crippen LogP contribution < -0.4 is 4.74 Å². The molecule has 0 amide bonds. The van der Waals surface area contributed by atoms with Crippen LogP contribution in [0.25, 0.3) is 0 Å². The van der Waals surface area contributed by atoms with Crippen LogP contribution in [0, 0.1) is 16.0 Å². The molecule has 4 nitrogen and oxygen atoms in total. The first-order chi connectivity index (χ1) is 8.56. The van der Waals surface area contributed by atoms with E-state index < -0.39 is 4.92 Å². The average molecular weight is 337 g/mol. The van der Waals surface area contributed by atoms with Gasteiger partial charge in [-0.05, 0) is 40.8 Å². The molecule has 0 bridgehead atoms. The van der Waals surface area contributed by atoms with E-state index >= 15 is 0 Å². The first kappa shape index (κ1) is 15.2. The smallest absolute Gasteiger partial charge is 0.312 e. The molecule has 0 fully saturated rings. The summed E-state index contributed by atoms with van der Waals surface area (Å²) in [4.78, 5) is 10.4. The quantitative estimate of drug-likeness (QED) is 0.421. The Hall–Kier alpha value is -0.810. The minimum Gasteiger partial charge on any atom is -0.486 e. The highest BCUT2D eigenvalue weighted by molar-refractivity contribution is 9.10. The van der Waals surface area contributed by atoms with E-state index in [-0.39, 0.29) is 5.69 Å². The lowest BCUT2D eigenvalue weighted by Crippen LogP contribution is -2.06. The van der Waals surface area contributed by atoms with Crippen LogP contribution in [0.15, 0.2) is 22.7 Å². The molecule has 18 heavy (non-hydrogen) atoms. The summed E-state index contributed by atoms with van der Waals surface area (Å²) in [5.74, 6) is 1.36. The number of halogens is 2. The molecule has 1 aromatic rings. The highest BCUT2D eigenvalue weighted by atomic mass is 79.9. The largest absolute Gasteiger partial charge is 0.486 e. The number of alkyl halides is 1. The minimum absolute atomic E-state index is 0.0191. The number of rotatable bonds is 7. The second kappa shape index (κ2) is 7.59. The molecule has 0 heterocycles. The lowest BCUT2D eigenvalue weighted by Gasteiger charge is -2.11. The number of nitrogens with zero attached hydrogens (tertiary/aromatic N) is 1. The Morgan fingerprint density at radius 3 is 2.83 bits per heavy atom. The fourth-order valence-electron chi connectivity index (χ4n) is 1.48. The highest BCUT2D eigenvalue weighted by Crippen LogP contribution is 2.34. The van der Waals surface area contributed by atoms with E-state index in [1.807, 2.05) is 0 Å². The van der Waals surface area contributed by atoms with Crippen LogP contribution in [0.3, 0.4) is 0 Å². The molecular formula is C12H15BrClNO3. The minimum atomic E-state index is -0.442. The lowest BCUT2D eigenvalue weighted by molar-refractivity contribution is -0.386. The summed E-state index contributed by atoms with van der Waals surface area (Å²) < 4.78 is 6.11. The number of nitro benzene ring substituents is 1. The van der Waals surface area contributed by atoms with Crippen molar-refractivity contribution in [2.75, 3.05) is 12.5 Å². The van der Waals surface area contributed by atoms with E-state index in [1.165, 1.54) is 6.07 Å². The molecule has 0 N–H and O–H groups in total. The van der Waals surface area contributed by atoms with E-state index in [1.54, 1.807) is 12.1 Å². The molecule has 1 atom stereocenters. The van der Waals surface area contributed by atoms with Crippen molar-refractivity contribution < 1.29 is 9.66 Å². The van der Waals surface area contributed by atoms with Crippen LogP contribution in [0.1, 0.15) is 19.8 Å². The van der Waals surface area contributed by atoms with Gasteiger partial charge in [0, 0.05) is 11.9 Å². The van der Waals surface area contributed by atoms with E-state index in [2.05, 4.69) is 22.9 Å². The fraction of sp³-hybridized carbons (Fsp3) is 0.500. The summed E-state index contributed by atoms with van der Waals surface area (Å²) in [6, 6.07) is 4.78. The van der Waals surface area contributed by atoms with Gasteiger partial charge in [-0.3, -0.25) is 10.1 Å². The Kier molecular flexibility index (Phi) is 6.43. The molecule has 0 aliphatic rings. The summed E-state index contributed by atoms with van der Waals surface area (Å²) in [6.45, 7) is 2.53. The molecule has 0 aliphatic heterocycles. The van der Waals surface area contributed by atoms with Gasteiger partial charge in [-0.2, -0.15) is 0 Å². The second-order valence-corrected chi connectivity index (χ2v) is 5.30. The van der Waals surface area contributed by atoms with Crippen LogP contribution in [-0.2, 0) is 0 Å². The molecule has 100 valence electrons. The van der Waals surface area contributed by atoms with E-state index in [9.17, 15) is 10.1 Å². The van der Waals surface area contributed by atoms with Crippen LogP contribution in [0.5, 0.6) is 5.75 Å². The Labute approximate surface area is 120 Å². The van der Waals surface area contributed by atoms with Crippen molar-refractivity contribution in [3.63, 3.8) is 0 Å². The first-order valence-electron chi connectivity index (χ1n) is 5.68. The summed E-state index contributed by atoms with van der Waals surface area (Å²) in [7, 11) is 0. The molecule has 1 aromatic carbocycles. The molecule has 1 unspecified atom stereocenters. The van der Waals surface area contributed by atoms with Crippen molar-refractivity contribution in [2.45, 2.75) is 19.8 Å². The average Bonchev–Trinajstić information content (AvgIpc) is 2.31. The molecule has 0 aliphatic carbocycles. The fourth-order valence-corrected chi connectivity index (χ4v) is 2.32. The van der Waals surface area contributed by atoms with Crippen molar-refractivity contribution in [1.82, 2.24) is 0 Å². The molecule has 0 radical (unpaired) electrons. The van der Waals surface area contributed by atoms with Gasteiger partial charge in [0.05, 0.1) is 16.0 Å². The Bertz CT molecular complexity index is 414. The summed E-state index contributed by atoms with van der Waals surface area (Å²) in [5.41, 5.74) is -0.0191. The van der Waals surface area contributed by atoms with Crippen LogP contribution >= 0.6 is 27.5 Å². The Morgan fingerprint density at radius 2 is 2.22 bits per heavy atom. The van der Waals surface area contributed by atoms with Crippen molar-refractivity contribution >= 4 is 33.2 Å². The molecule has 0 saturated carbocycles. The van der Waals surface area contributed by atoms with Gasteiger partial charge in [0.25, 0.3) is 0 Å². The summed E-state index contributed by atoms with van der Waals surface area (Å²) in [5, 5.41) is 10.9. The molecule has 0 aromatic heterocycles. The maximum Gasteiger partial charge on any atom is 0.312 e. The number of nitro groups is 1. The molecule has 1 rings (SSSR count). The van der Waals surface area contributed by atoms with Gasteiger partial charge in [-0.1, -0.05) is 13.0 Å². The van der Waals surface area contributed by atoms with Gasteiger partial charge in [-0.15, -0.1) is 11.6 Å². The Balaban J connectivity index is 2.64. The summed E-state index contributed by atoms with van der Waals surface area (Å²) >= 11 is 8.91. The maximum atomic E-state index is 10.9. The Morgan fingerprint density at radius 1 is 1.50 bits per heavy atom. The normalized spacial score (nSPS) is 12.2. The van der Waals surface area contributed by atoms with Gasteiger partial charge in [0.1, 0.15) is 0 Å².